The largest absolute Gasteiger partial charge is 0.508 e. The molecule has 4 aromatic rings. The molecule has 0 bridgehead atoms. The molecule has 0 amide bonds. The van der Waals surface area contributed by atoms with Gasteiger partial charge < -0.3 is 5.11 Å². The first kappa shape index (κ1) is 20.6. The molecule has 5 rings (SSSR count). The molecule has 1 saturated heterocycles. The van der Waals surface area contributed by atoms with Crippen LogP contribution in [0.5, 0.6) is 5.75 Å². The van der Waals surface area contributed by atoms with Crippen molar-refractivity contribution in [3.8, 4) is 16.9 Å². The second-order valence-corrected chi connectivity index (χ2v) is 8.58. The third kappa shape index (κ3) is 4.08. The lowest BCUT2D eigenvalue weighted by molar-refractivity contribution is 0.197. The number of fused-ring (bicyclic) bond motifs is 1. The van der Waals surface area contributed by atoms with Gasteiger partial charge in [0.2, 0.25) is 0 Å². The lowest BCUT2D eigenvalue weighted by atomic mass is 9.89. The zero-order valence-electron chi connectivity index (χ0n) is 18.1. The summed E-state index contributed by atoms with van der Waals surface area (Å²) in [6.07, 6.45) is 3.96. The van der Waals surface area contributed by atoms with Gasteiger partial charge in [0.25, 0.3) is 0 Å². The molecule has 1 aromatic heterocycles. The Morgan fingerprint density at radius 3 is 2.72 bits per heavy atom. The number of hydrogen-bond donors (Lipinski definition) is 1. The predicted molar refractivity (Wildman–Crippen MR) is 125 cm³/mol. The van der Waals surface area contributed by atoms with E-state index in [4.69, 9.17) is 4.98 Å². The molecule has 1 fully saturated rings. The third-order valence-electron chi connectivity index (χ3n) is 6.38. The second kappa shape index (κ2) is 8.67. The fourth-order valence-electron chi connectivity index (χ4n) is 4.79. The van der Waals surface area contributed by atoms with Crippen molar-refractivity contribution in [1.29, 1.82) is 0 Å². The van der Waals surface area contributed by atoms with Crippen molar-refractivity contribution in [3.63, 3.8) is 0 Å². The van der Waals surface area contributed by atoms with E-state index in [9.17, 15) is 9.50 Å². The Kier molecular flexibility index (Phi) is 5.58. The molecule has 1 atom stereocenters. The minimum absolute atomic E-state index is 0.248. The molecule has 1 N–H and O–H groups in total. The van der Waals surface area contributed by atoms with Crippen molar-refractivity contribution < 1.29 is 9.50 Å². The summed E-state index contributed by atoms with van der Waals surface area (Å²) >= 11 is 0. The molecular weight excluding hydrogens is 401 g/mol. The van der Waals surface area contributed by atoms with E-state index in [1.54, 1.807) is 18.2 Å². The van der Waals surface area contributed by atoms with Gasteiger partial charge >= 0.3 is 0 Å². The Hall–Kier alpha value is -3.31. The number of aryl methyl sites for hydroxylation is 1. The van der Waals surface area contributed by atoms with E-state index in [0.29, 0.717) is 12.3 Å². The molecular formula is C27H26FN3O. The molecule has 2 heterocycles. The van der Waals surface area contributed by atoms with E-state index < -0.39 is 0 Å². The van der Waals surface area contributed by atoms with Gasteiger partial charge in [0.1, 0.15) is 17.4 Å². The maximum atomic E-state index is 13.5. The summed E-state index contributed by atoms with van der Waals surface area (Å²) in [7, 11) is 0. The summed E-state index contributed by atoms with van der Waals surface area (Å²) in [5.41, 5.74) is 3.90. The first-order valence-corrected chi connectivity index (χ1v) is 11.1. The molecule has 3 aromatic carbocycles. The molecule has 0 radical (unpaired) electrons. The van der Waals surface area contributed by atoms with E-state index in [2.05, 4.69) is 22.0 Å². The van der Waals surface area contributed by atoms with Gasteiger partial charge in [0.15, 0.2) is 0 Å². The van der Waals surface area contributed by atoms with Crippen LogP contribution in [0.3, 0.4) is 0 Å². The van der Waals surface area contributed by atoms with Crippen molar-refractivity contribution in [1.82, 2.24) is 14.9 Å². The van der Waals surface area contributed by atoms with E-state index >= 15 is 0 Å². The number of phenolic OH excluding ortho intramolecular Hbond substituents is 1. The van der Waals surface area contributed by atoms with Gasteiger partial charge in [-0.25, -0.2) is 14.4 Å². The second-order valence-electron chi connectivity index (χ2n) is 8.58. The van der Waals surface area contributed by atoms with Crippen LogP contribution in [0.4, 0.5) is 4.39 Å². The molecule has 32 heavy (non-hydrogen) atoms. The molecule has 1 aliphatic heterocycles. The van der Waals surface area contributed by atoms with Crippen molar-refractivity contribution in [2.24, 2.45) is 0 Å². The van der Waals surface area contributed by atoms with Crippen molar-refractivity contribution in [2.75, 3.05) is 13.1 Å². The van der Waals surface area contributed by atoms with Gasteiger partial charge in [-0.05, 0) is 60.8 Å². The zero-order valence-corrected chi connectivity index (χ0v) is 18.1. The summed E-state index contributed by atoms with van der Waals surface area (Å²) in [4.78, 5) is 11.6. The number of hydrogen-bond acceptors (Lipinski definition) is 4. The van der Waals surface area contributed by atoms with Crippen LogP contribution in [-0.4, -0.2) is 33.1 Å². The van der Waals surface area contributed by atoms with Crippen LogP contribution in [0.15, 0.2) is 66.9 Å². The van der Waals surface area contributed by atoms with E-state index in [1.165, 1.54) is 12.1 Å². The third-order valence-corrected chi connectivity index (χ3v) is 6.38. The SMILES string of the molecule is Cc1ncc(-c2ccc(F)cc2)c(C2CCCN(Cc3c(O)ccc4ccccc34)C2)n1. The number of piperidine rings is 1. The normalized spacial score (nSPS) is 17.0. The molecule has 4 nitrogen and oxygen atoms in total. The minimum atomic E-state index is -0.248. The van der Waals surface area contributed by atoms with Crippen molar-refractivity contribution in [2.45, 2.75) is 32.2 Å². The molecule has 0 aliphatic carbocycles. The van der Waals surface area contributed by atoms with Crippen LogP contribution in [0, 0.1) is 12.7 Å². The number of aromatic hydroxyl groups is 1. The van der Waals surface area contributed by atoms with Crippen LogP contribution in [-0.2, 0) is 6.54 Å². The monoisotopic (exact) mass is 427 g/mol. The standard InChI is InChI=1S/C27H26FN3O/c1-18-29-15-24(20-8-11-22(28)12-9-20)27(30-18)21-6-4-14-31(16-21)17-25-23-7-3-2-5-19(23)10-13-26(25)32/h2-3,5,7-13,15,21,32H,4,6,14,16-17H2,1H3. The topological polar surface area (TPSA) is 49.2 Å². The average Bonchev–Trinajstić information content (AvgIpc) is 2.82. The smallest absolute Gasteiger partial charge is 0.125 e. The van der Waals surface area contributed by atoms with E-state index in [0.717, 1.165) is 64.9 Å². The maximum Gasteiger partial charge on any atom is 0.125 e. The first-order chi connectivity index (χ1) is 15.6. The molecule has 0 spiro atoms. The molecule has 0 saturated carbocycles. The van der Waals surface area contributed by atoms with Crippen LogP contribution in [0.25, 0.3) is 21.9 Å². The van der Waals surface area contributed by atoms with Crippen molar-refractivity contribution in [3.05, 3.63) is 89.8 Å². The highest BCUT2D eigenvalue weighted by atomic mass is 19.1. The quantitative estimate of drug-likeness (QED) is 0.445. The Morgan fingerprint density at radius 1 is 1.06 bits per heavy atom. The number of phenols is 1. The Labute approximate surface area is 187 Å². The Bertz CT molecular complexity index is 1260. The van der Waals surface area contributed by atoms with Gasteiger partial charge in [0, 0.05) is 36.3 Å². The number of nitrogens with zero attached hydrogens (tertiary/aromatic N) is 3. The summed E-state index contributed by atoms with van der Waals surface area (Å²) < 4.78 is 13.5. The summed E-state index contributed by atoms with van der Waals surface area (Å²) in [5, 5.41) is 12.8. The summed E-state index contributed by atoms with van der Waals surface area (Å²) in [6, 6.07) is 18.5. The average molecular weight is 428 g/mol. The predicted octanol–water partition coefficient (Wildman–Crippen LogP) is 5.83. The fourth-order valence-corrected chi connectivity index (χ4v) is 4.79. The number of halogens is 1. The van der Waals surface area contributed by atoms with Crippen LogP contribution < -0.4 is 0 Å². The van der Waals surface area contributed by atoms with Gasteiger partial charge in [-0.3, -0.25) is 4.90 Å². The highest BCUT2D eigenvalue weighted by Gasteiger charge is 2.26. The molecule has 1 unspecified atom stereocenters. The highest BCUT2D eigenvalue weighted by Crippen LogP contribution is 2.35. The van der Waals surface area contributed by atoms with Crippen LogP contribution in [0.2, 0.25) is 0 Å². The summed E-state index contributed by atoms with van der Waals surface area (Å²) in [6.45, 7) is 4.44. The number of likely N-dealkylation sites (tertiary alicyclic amines) is 1. The van der Waals surface area contributed by atoms with Crippen molar-refractivity contribution >= 4 is 10.8 Å². The lowest BCUT2D eigenvalue weighted by Gasteiger charge is -2.33. The molecule has 5 heteroatoms. The fraction of sp³-hybridized carbons (Fsp3) is 0.259. The van der Waals surface area contributed by atoms with Gasteiger partial charge in [-0.15, -0.1) is 0 Å². The number of benzene rings is 3. The number of aromatic nitrogens is 2. The molecule has 162 valence electrons. The Balaban J connectivity index is 1.45. The maximum absolute atomic E-state index is 13.5. The summed E-state index contributed by atoms with van der Waals surface area (Å²) in [5.74, 6) is 1.09. The van der Waals surface area contributed by atoms with Crippen LogP contribution >= 0.6 is 0 Å². The van der Waals surface area contributed by atoms with Gasteiger partial charge in [0.05, 0.1) is 5.69 Å². The zero-order chi connectivity index (χ0) is 22.1. The van der Waals surface area contributed by atoms with Crippen LogP contribution in [0.1, 0.15) is 35.8 Å². The molecule has 1 aliphatic rings. The minimum Gasteiger partial charge on any atom is -0.508 e. The Morgan fingerprint density at radius 2 is 1.88 bits per heavy atom. The highest BCUT2D eigenvalue weighted by molar-refractivity contribution is 5.87. The van der Waals surface area contributed by atoms with Gasteiger partial charge in [-0.1, -0.05) is 42.5 Å². The lowest BCUT2D eigenvalue weighted by Crippen LogP contribution is -2.34. The van der Waals surface area contributed by atoms with E-state index in [-0.39, 0.29) is 11.7 Å². The van der Waals surface area contributed by atoms with Gasteiger partial charge in [-0.2, -0.15) is 0 Å². The first-order valence-electron chi connectivity index (χ1n) is 11.1. The number of rotatable bonds is 4. The van der Waals surface area contributed by atoms with E-state index in [1.807, 2.05) is 31.3 Å².